The molecule has 1 aromatic heterocycles. The zero-order valence-electron chi connectivity index (χ0n) is 13.4. The van der Waals surface area contributed by atoms with Crippen LogP contribution >= 0.6 is 0 Å². The summed E-state index contributed by atoms with van der Waals surface area (Å²) >= 11 is 0. The molecule has 1 heterocycles. The van der Waals surface area contributed by atoms with Crippen molar-refractivity contribution in [1.29, 1.82) is 0 Å². The topological polar surface area (TPSA) is 71.5 Å². The zero-order chi connectivity index (χ0) is 16.7. The molecule has 2 aromatic rings. The highest BCUT2D eigenvalue weighted by atomic mass is 16.5. The molecule has 5 heteroatoms. The minimum Gasteiger partial charge on any atom is -0.489 e. The van der Waals surface area contributed by atoms with Crippen molar-refractivity contribution >= 4 is 5.91 Å². The van der Waals surface area contributed by atoms with Crippen molar-refractivity contribution in [2.75, 3.05) is 6.54 Å². The minimum absolute atomic E-state index is 0.0364. The summed E-state index contributed by atoms with van der Waals surface area (Å²) in [5, 5.41) is 12.9. The number of amides is 1. The lowest BCUT2D eigenvalue weighted by molar-refractivity contribution is 0.0931. The summed E-state index contributed by atoms with van der Waals surface area (Å²) in [5.41, 5.74) is 1.10. The summed E-state index contributed by atoms with van der Waals surface area (Å²) in [5.74, 6) is 0.158. The molecule has 1 aromatic carbocycles. The molecule has 2 N–H and O–H groups in total. The van der Waals surface area contributed by atoms with Gasteiger partial charge in [-0.15, -0.1) is 0 Å². The number of rotatable bonds is 7. The van der Waals surface area contributed by atoms with Crippen molar-refractivity contribution in [3.05, 3.63) is 59.9 Å². The maximum Gasteiger partial charge on any atom is 0.273 e. The van der Waals surface area contributed by atoms with Gasteiger partial charge in [-0.1, -0.05) is 30.3 Å². The van der Waals surface area contributed by atoms with E-state index in [1.165, 1.54) is 0 Å². The highest BCUT2D eigenvalue weighted by Crippen LogP contribution is 2.18. The number of hydrogen-bond donors (Lipinski definition) is 2. The number of aliphatic hydroxyl groups excluding tert-OH is 1. The number of ether oxygens (including phenoxy) is 1. The number of aromatic nitrogens is 1. The molecule has 122 valence electrons. The molecule has 0 spiro atoms. The second-order valence-corrected chi connectivity index (χ2v) is 5.49. The molecular formula is C18H22N2O3. The van der Waals surface area contributed by atoms with E-state index in [9.17, 15) is 9.90 Å². The summed E-state index contributed by atoms with van der Waals surface area (Å²) in [7, 11) is 0. The van der Waals surface area contributed by atoms with Crippen molar-refractivity contribution in [3.8, 4) is 5.75 Å². The number of carbonyl (C=O) groups is 1. The Kier molecular flexibility index (Phi) is 6.11. The highest BCUT2D eigenvalue weighted by molar-refractivity contribution is 5.94. The number of carbonyl (C=O) groups excluding carboxylic acids is 1. The Balaban J connectivity index is 1.90. The lowest BCUT2D eigenvalue weighted by Crippen LogP contribution is -2.27. The number of aliphatic hydroxyl groups is 1. The van der Waals surface area contributed by atoms with Gasteiger partial charge in [-0.25, -0.2) is 4.98 Å². The molecule has 5 nitrogen and oxygen atoms in total. The Bertz CT molecular complexity index is 629. The van der Waals surface area contributed by atoms with Gasteiger partial charge in [-0.2, -0.15) is 0 Å². The molecule has 0 saturated heterocycles. The van der Waals surface area contributed by atoms with Gasteiger partial charge in [0.1, 0.15) is 0 Å². The Hall–Kier alpha value is -2.40. The second-order valence-electron chi connectivity index (χ2n) is 5.49. The van der Waals surface area contributed by atoms with Crippen LogP contribution in [0.2, 0.25) is 0 Å². The predicted octanol–water partition coefficient (Wildman–Crippen LogP) is 2.72. The van der Waals surface area contributed by atoms with Crippen LogP contribution in [0, 0.1) is 0 Å². The fraction of sp³-hybridized carbons (Fsp3) is 0.333. The smallest absolute Gasteiger partial charge is 0.273 e. The molecule has 2 rings (SSSR count). The maximum atomic E-state index is 12.2. The first kappa shape index (κ1) is 17.0. The van der Waals surface area contributed by atoms with Crippen molar-refractivity contribution in [2.45, 2.75) is 32.5 Å². The third-order valence-corrected chi connectivity index (χ3v) is 3.24. The number of hydrogen-bond acceptors (Lipinski definition) is 4. The highest BCUT2D eigenvalue weighted by Gasteiger charge is 2.15. The molecule has 1 amide bonds. The summed E-state index contributed by atoms with van der Waals surface area (Å²) in [6, 6.07) is 12.8. The lowest BCUT2D eigenvalue weighted by Gasteiger charge is -2.14. The Morgan fingerprint density at radius 3 is 2.65 bits per heavy atom. The molecule has 23 heavy (non-hydrogen) atoms. The molecular weight excluding hydrogens is 292 g/mol. The van der Waals surface area contributed by atoms with Crippen molar-refractivity contribution in [3.63, 3.8) is 0 Å². The van der Waals surface area contributed by atoms with Gasteiger partial charge in [-0.05, 0) is 38.0 Å². The van der Waals surface area contributed by atoms with Crippen molar-refractivity contribution < 1.29 is 14.6 Å². The molecule has 0 radical (unpaired) electrons. The maximum absolute atomic E-state index is 12.2. The van der Waals surface area contributed by atoms with E-state index in [1.54, 1.807) is 18.3 Å². The molecule has 0 aliphatic rings. The van der Waals surface area contributed by atoms with E-state index in [4.69, 9.17) is 4.74 Å². The van der Waals surface area contributed by atoms with Gasteiger partial charge in [0.2, 0.25) is 0 Å². The zero-order valence-corrected chi connectivity index (χ0v) is 13.4. The fourth-order valence-electron chi connectivity index (χ4n) is 2.16. The lowest BCUT2D eigenvalue weighted by atomic mass is 10.1. The summed E-state index contributed by atoms with van der Waals surface area (Å²) in [6.45, 7) is 4.14. The van der Waals surface area contributed by atoms with Gasteiger partial charge in [0.25, 0.3) is 5.91 Å². The summed E-state index contributed by atoms with van der Waals surface area (Å²) in [4.78, 5) is 16.3. The van der Waals surface area contributed by atoms with Crippen LogP contribution in [0.1, 0.15) is 42.4 Å². The van der Waals surface area contributed by atoms with E-state index in [0.29, 0.717) is 18.7 Å². The average molecular weight is 314 g/mol. The number of nitrogens with zero attached hydrogens (tertiary/aromatic N) is 1. The number of nitrogens with one attached hydrogen (secondary N) is 1. The van der Waals surface area contributed by atoms with Crippen LogP contribution in [0.25, 0.3) is 0 Å². The molecule has 0 aliphatic carbocycles. The van der Waals surface area contributed by atoms with E-state index in [2.05, 4.69) is 10.3 Å². The normalized spacial score (nSPS) is 12.0. The van der Waals surface area contributed by atoms with E-state index >= 15 is 0 Å². The van der Waals surface area contributed by atoms with Crippen LogP contribution in [0.15, 0.2) is 48.7 Å². The predicted molar refractivity (Wildman–Crippen MR) is 88.4 cm³/mol. The SMILES string of the molecule is CC(C)Oc1cccnc1C(=O)NCCC(O)c1ccccc1. The van der Waals surface area contributed by atoms with E-state index in [-0.39, 0.29) is 17.7 Å². The third-order valence-electron chi connectivity index (χ3n) is 3.24. The molecule has 1 atom stereocenters. The van der Waals surface area contributed by atoms with Crippen LogP contribution in [0.3, 0.4) is 0 Å². The van der Waals surface area contributed by atoms with Crippen LogP contribution in [-0.2, 0) is 0 Å². The first-order chi connectivity index (χ1) is 11.1. The van der Waals surface area contributed by atoms with E-state index in [0.717, 1.165) is 5.56 Å². The van der Waals surface area contributed by atoms with Crippen LogP contribution in [0.5, 0.6) is 5.75 Å². The molecule has 0 saturated carbocycles. The van der Waals surface area contributed by atoms with Crippen LogP contribution in [0.4, 0.5) is 0 Å². The van der Waals surface area contributed by atoms with Gasteiger partial charge in [-0.3, -0.25) is 4.79 Å². The van der Waals surface area contributed by atoms with Crippen LogP contribution < -0.4 is 10.1 Å². The number of benzene rings is 1. The average Bonchev–Trinajstić information content (AvgIpc) is 2.55. The van der Waals surface area contributed by atoms with E-state index < -0.39 is 6.10 Å². The quantitative estimate of drug-likeness (QED) is 0.824. The minimum atomic E-state index is -0.605. The van der Waals surface area contributed by atoms with Crippen molar-refractivity contribution in [2.24, 2.45) is 0 Å². The molecule has 1 unspecified atom stereocenters. The number of pyridine rings is 1. The standard InChI is InChI=1S/C18H22N2O3/c1-13(2)23-16-9-6-11-19-17(16)18(22)20-12-10-15(21)14-7-4-3-5-8-14/h3-9,11,13,15,21H,10,12H2,1-2H3,(H,20,22). The van der Waals surface area contributed by atoms with E-state index in [1.807, 2.05) is 44.2 Å². The van der Waals surface area contributed by atoms with Crippen molar-refractivity contribution in [1.82, 2.24) is 10.3 Å². The summed E-state index contributed by atoms with van der Waals surface area (Å²) < 4.78 is 5.59. The first-order valence-electron chi connectivity index (χ1n) is 7.71. The molecule has 0 bridgehead atoms. The monoisotopic (exact) mass is 314 g/mol. The fourth-order valence-corrected chi connectivity index (χ4v) is 2.16. The largest absolute Gasteiger partial charge is 0.489 e. The Morgan fingerprint density at radius 1 is 1.22 bits per heavy atom. The Morgan fingerprint density at radius 2 is 1.96 bits per heavy atom. The van der Waals surface area contributed by atoms with Gasteiger partial charge in [0, 0.05) is 12.7 Å². The summed E-state index contributed by atoms with van der Waals surface area (Å²) in [6.07, 6.45) is 1.35. The third kappa shape index (κ3) is 5.07. The van der Waals surface area contributed by atoms with Gasteiger partial charge in [0.15, 0.2) is 11.4 Å². The Labute approximate surface area is 136 Å². The molecule has 0 aliphatic heterocycles. The van der Waals surface area contributed by atoms with Gasteiger partial charge in [0.05, 0.1) is 12.2 Å². The van der Waals surface area contributed by atoms with Crippen LogP contribution in [-0.4, -0.2) is 28.6 Å². The molecule has 0 fully saturated rings. The van der Waals surface area contributed by atoms with Gasteiger partial charge >= 0.3 is 0 Å². The second kappa shape index (κ2) is 8.29. The first-order valence-corrected chi connectivity index (χ1v) is 7.71. The van der Waals surface area contributed by atoms with Gasteiger partial charge < -0.3 is 15.2 Å².